The van der Waals surface area contributed by atoms with Crippen LogP contribution in [0.3, 0.4) is 0 Å². The number of nitro benzene ring substituents is 1. The molecule has 0 aromatic heterocycles. The lowest BCUT2D eigenvalue weighted by Crippen LogP contribution is -2.27. The fourth-order valence-corrected chi connectivity index (χ4v) is 3.75. The van der Waals surface area contributed by atoms with Crippen molar-refractivity contribution in [3.63, 3.8) is 0 Å². The molecule has 0 aliphatic carbocycles. The number of hydrogen-bond acceptors (Lipinski definition) is 8. The van der Waals surface area contributed by atoms with Crippen LogP contribution in [-0.4, -0.2) is 48.4 Å². The number of carbonyl (C=O) groups excluding carboxylic acids is 2. The Morgan fingerprint density at radius 2 is 1.87 bits per heavy atom. The molecule has 1 aliphatic heterocycles. The van der Waals surface area contributed by atoms with Crippen molar-refractivity contribution < 1.29 is 28.7 Å². The zero-order valence-corrected chi connectivity index (χ0v) is 17.7. The average Bonchev–Trinajstić information content (AvgIpc) is 3.02. The van der Waals surface area contributed by atoms with Gasteiger partial charge in [-0.1, -0.05) is 24.3 Å². The highest BCUT2D eigenvalue weighted by molar-refractivity contribution is 8.18. The molecule has 0 radical (unpaired) electrons. The number of rotatable bonds is 9. The van der Waals surface area contributed by atoms with Gasteiger partial charge in [0, 0.05) is 18.7 Å². The molecule has 1 heterocycles. The zero-order chi connectivity index (χ0) is 22.4. The molecule has 0 saturated carbocycles. The number of methoxy groups -OCH3 is 2. The van der Waals surface area contributed by atoms with E-state index in [2.05, 4.69) is 0 Å². The van der Waals surface area contributed by atoms with E-state index in [1.54, 1.807) is 37.5 Å². The van der Waals surface area contributed by atoms with Crippen molar-refractivity contribution in [1.82, 2.24) is 4.90 Å². The number of amides is 2. The Labute approximate surface area is 182 Å². The highest BCUT2D eigenvalue weighted by Gasteiger charge is 2.36. The maximum absolute atomic E-state index is 12.8. The van der Waals surface area contributed by atoms with E-state index in [1.807, 2.05) is 0 Å². The fourth-order valence-electron chi connectivity index (χ4n) is 2.91. The van der Waals surface area contributed by atoms with Crippen molar-refractivity contribution in [2.45, 2.75) is 6.54 Å². The van der Waals surface area contributed by atoms with Crippen molar-refractivity contribution in [2.75, 3.05) is 27.4 Å². The molecule has 0 spiro atoms. The van der Waals surface area contributed by atoms with E-state index in [9.17, 15) is 19.7 Å². The SMILES string of the molecule is COCCOc1ccc(/C=C2\SC(=O)N(Cc3ccccc3[N+](=O)[O-])C2=O)cc1OC. The molecule has 0 unspecified atom stereocenters. The topological polar surface area (TPSA) is 108 Å². The van der Waals surface area contributed by atoms with Crippen molar-refractivity contribution in [1.29, 1.82) is 0 Å². The van der Waals surface area contributed by atoms with Gasteiger partial charge in [0.1, 0.15) is 6.61 Å². The number of thioether (sulfide) groups is 1. The number of nitro groups is 1. The maximum Gasteiger partial charge on any atom is 0.293 e. The third-order valence-electron chi connectivity index (χ3n) is 4.42. The number of carbonyl (C=O) groups is 2. The summed E-state index contributed by atoms with van der Waals surface area (Å²) in [7, 11) is 3.08. The van der Waals surface area contributed by atoms with Crippen LogP contribution in [0.25, 0.3) is 6.08 Å². The van der Waals surface area contributed by atoms with Crippen LogP contribution in [0, 0.1) is 10.1 Å². The van der Waals surface area contributed by atoms with E-state index >= 15 is 0 Å². The van der Waals surface area contributed by atoms with Gasteiger partial charge in [-0.2, -0.15) is 0 Å². The summed E-state index contributed by atoms with van der Waals surface area (Å²) in [5.74, 6) is 0.498. The van der Waals surface area contributed by atoms with Crippen LogP contribution >= 0.6 is 11.8 Å². The lowest BCUT2D eigenvalue weighted by atomic mass is 10.1. The molecular formula is C21H20N2O7S. The van der Waals surface area contributed by atoms with Crippen LogP contribution in [0.4, 0.5) is 10.5 Å². The maximum atomic E-state index is 12.8. The summed E-state index contributed by atoms with van der Waals surface area (Å²) >= 11 is 0.785. The van der Waals surface area contributed by atoms with Gasteiger partial charge in [-0.3, -0.25) is 24.6 Å². The molecule has 31 heavy (non-hydrogen) atoms. The van der Waals surface area contributed by atoms with E-state index in [0.29, 0.717) is 30.3 Å². The normalized spacial score (nSPS) is 14.9. The smallest absolute Gasteiger partial charge is 0.293 e. The summed E-state index contributed by atoms with van der Waals surface area (Å²) in [6, 6.07) is 11.2. The van der Waals surface area contributed by atoms with Crippen LogP contribution in [0.2, 0.25) is 0 Å². The van der Waals surface area contributed by atoms with Gasteiger partial charge in [0.15, 0.2) is 11.5 Å². The van der Waals surface area contributed by atoms with Gasteiger partial charge in [0.25, 0.3) is 16.8 Å². The Hall–Kier alpha value is -3.37. The third kappa shape index (κ3) is 5.22. The number of nitrogens with zero attached hydrogens (tertiary/aromatic N) is 2. The molecule has 0 atom stereocenters. The first kappa shape index (κ1) is 22.3. The first-order chi connectivity index (χ1) is 14.9. The standard InChI is InChI=1S/C21H20N2O7S/c1-28-9-10-30-17-8-7-14(11-18(17)29-2)12-19-20(24)22(21(25)31-19)13-15-5-3-4-6-16(15)23(26)27/h3-8,11-12H,9-10,13H2,1-2H3/b19-12-. The van der Waals surface area contributed by atoms with Gasteiger partial charge in [-0.15, -0.1) is 0 Å². The van der Waals surface area contributed by atoms with Crippen LogP contribution < -0.4 is 9.47 Å². The Kier molecular flexibility index (Phi) is 7.27. The summed E-state index contributed by atoms with van der Waals surface area (Å²) in [4.78, 5) is 37.1. The first-order valence-corrected chi connectivity index (χ1v) is 10.0. The Morgan fingerprint density at radius 1 is 1.10 bits per heavy atom. The van der Waals surface area contributed by atoms with Gasteiger partial charge in [-0.25, -0.2) is 0 Å². The summed E-state index contributed by atoms with van der Waals surface area (Å²) in [6.45, 7) is 0.614. The van der Waals surface area contributed by atoms with Crippen LogP contribution in [0.5, 0.6) is 11.5 Å². The lowest BCUT2D eigenvalue weighted by Gasteiger charge is -2.12. The quantitative estimate of drug-likeness (QED) is 0.248. The molecule has 2 aromatic rings. The molecule has 9 nitrogen and oxygen atoms in total. The predicted molar refractivity (Wildman–Crippen MR) is 115 cm³/mol. The van der Waals surface area contributed by atoms with Crippen LogP contribution in [-0.2, 0) is 16.1 Å². The van der Waals surface area contributed by atoms with Gasteiger partial charge in [-0.05, 0) is 35.5 Å². The average molecular weight is 444 g/mol. The number of imide groups is 1. The predicted octanol–water partition coefficient (Wildman–Crippen LogP) is 3.87. The second-order valence-corrected chi connectivity index (χ2v) is 7.40. The summed E-state index contributed by atoms with van der Waals surface area (Å²) in [6.07, 6.45) is 1.58. The Bertz CT molecular complexity index is 1040. The van der Waals surface area contributed by atoms with Crippen molar-refractivity contribution in [3.8, 4) is 11.5 Å². The molecule has 3 rings (SSSR count). The minimum atomic E-state index is -0.535. The number of ether oxygens (including phenoxy) is 3. The Balaban J connectivity index is 1.80. The lowest BCUT2D eigenvalue weighted by molar-refractivity contribution is -0.385. The number of hydrogen-bond donors (Lipinski definition) is 0. The number of benzene rings is 2. The highest BCUT2D eigenvalue weighted by atomic mass is 32.2. The molecule has 1 fully saturated rings. The monoisotopic (exact) mass is 444 g/mol. The highest BCUT2D eigenvalue weighted by Crippen LogP contribution is 2.36. The summed E-state index contributed by atoms with van der Waals surface area (Å²) < 4.78 is 15.9. The molecule has 2 amide bonds. The second-order valence-electron chi connectivity index (χ2n) is 6.41. The van der Waals surface area contributed by atoms with E-state index < -0.39 is 16.1 Å². The van der Waals surface area contributed by atoms with Gasteiger partial charge < -0.3 is 14.2 Å². The minimum Gasteiger partial charge on any atom is -0.493 e. The largest absolute Gasteiger partial charge is 0.493 e. The van der Waals surface area contributed by atoms with Crippen LogP contribution in [0.15, 0.2) is 47.4 Å². The molecule has 0 N–H and O–H groups in total. The molecule has 10 heteroatoms. The third-order valence-corrected chi connectivity index (χ3v) is 5.33. The van der Waals surface area contributed by atoms with E-state index in [1.165, 1.54) is 25.3 Å². The summed E-state index contributed by atoms with van der Waals surface area (Å²) in [5.41, 5.74) is 0.793. The van der Waals surface area contributed by atoms with Gasteiger partial charge >= 0.3 is 0 Å². The van der Waals surface area contributed by atoms with Crippen molar-refractivity contribution >= 4 is 34.7 Å². The van der Waals surface area contributed by atoms with Gasteiger partial charge in [0.05, 0.1) is 30.1 Å². The van der Waals surface area contributed by atoms with Gasteiger partial charge in [0.2, 0.25) is 0 Å². The molecule has 0 bridgehead atoms. The molecule has 1 aliphatic rings. The van der Waals surface area contributed by atoms with Crippen molar-refractivity contribution in [2.24, 2.45) is 0 Å². The van der Waals surface area contributed by atoms with E-state index in [4.69, 9.17) is 14.2 Å². The Morgan fingerprint density at radius 3 is 2.58 bits per heavy atom. The molecular weight excluding hydrogens is 424 g/mol. The molecule has 2 aromatic carbocycles. The van der Waals surface area contributed by atoms with Crippen LogP contribution in [0.1, 0.15) is 11.1 Å². The fraction of sp³-hybridized carbons (Fsp3) is 0.238. The number of para-hydroxylation sites is 1. The first-order valence-electron chi connectivity index (χ1n) is 9.22. The molecule has 1 saturated heterocycles. The van der Waals surface area contributed by atoms with E-state index in [-0.39, 0.29) is 22.7 Å². The van der Waals surface area contributed by atoms with E-state index in [0.717, 1.165) is 16.7 Å². The van der Waals surface area contributed by atoms with Crippen molar-refractivity contribution in [3.05, 3.63) is 68.6 Å². The minimum absolute atomic E-state index is 0.140. The zero-order valence-electron chi connectivity index (χ0n) is 16.9. The molecule has 162 valence electrons. The summed E-state index contributed by atoms with van der Waals surface area (Å²) in [5, 5.41) is 10.7. The second kappa shape index (κ2) is 10.1.